The largest absolute Gasteiger partial charge is 0.102 e. The van der Waals surface area contributed by atoms with Crippen LogP contribution in [0.25, 0.3) is 0 Å². The first-order chi connectivity index (χ1) is 5.86. The van der Waals surface area contributed by atoms with Crippen LogP contribution in [0.4, 0.5) is 0 Å². The van der Waals surface area contributed by atoms with Gasteiger partial charge in [0.05, 0.1) is 0 Å². The van der Waals surface area contributed by atoms with Crippen molar-refractivity contribution in [3.8, 4) is 0 Å². The molecule has 0 saturated carbocycles. The quantitative estimate of drug-likeness (QED) is 0.540. The van der Waals surface area contributed by atoms with Crippen LogP contribution in [0, 0.1) is 5.92 Å². The van der Waals surface area contributed by atoms with Crippen molar-refractivity contribution < 1.29 is 0 Å². The molecule has 12 heavy (non-hydrogen) atoms. The Morgan fingerprint density at radius 2 is 2.25 bits per heavy atom. The van der Waals surface area contributed by atoms with Gasteiger partial charge in [0.2, 0.25) is 0 Å². The Labute approximate surface area is 74.3 Å². The smallest absolute Gasteiger partial charge is 0.0136 e. The van der Waals surface area contributed by atoms with Gasteiger partial charge in [-0.15, -0.1) is 6.58 Å². The number of hydrogen-bond acceptors (Lipinski definition) is 0. The highest BCUT2D eigenvalue weighted by Gasteiger charge is 1.96. The Morgan fingerprint density at radius 3 is 2.92 bits per heavy atom. The normalized spacial score (nSPS) is 22.4. The van der Waals surface area contributed by atoms with Crippen molar-refractivity contribution in [2.75, 3.05) is 0 Å². The third-order valence-electron chi connectivity index (χ3n) is 1.75. The third-order valence-corrected chi connectivity index (χ3v) is 1.75. The highest BCUT2D eigenvalue weighted by molar-refractivity contribution is 5.37. The maximum absolute atomic E-state index is 3.77. The van der Waals surface area contributed by atoms with Crippen LogP contribution in [0.5, 0.6) is 0 Å². The molecule has 0 aromatic carbocycles. The molecule has 62 valence electrons. The molecule has 0 amide bonds. The van der Waals surface area contributed by atoms with Crippen LogP contribution >= 0.6 is 0 Å². The van der Waals surface area contributed by atoms with Crippen molar-refractivity contribution in [3.05, 3.63) is 60.8 Å². The molecule has 0 nitrogen and oxygen atoms in total. The lowest BCUT2D eigenvalue weighted by Crippen LogP contribution is -1.84. The van der Waals surface area contributed by atoms with Crippen LogP contribution in [0.15, 0.2) is 60.8 Å². The van der Waals surface area contributed by atoms with Gasteiger partial charge in [0.25, 0.3) is 0 Å². The number of rotatable bonds is 2. The monoisotopic (exact) mass is 158 g/mol. The second-order valence-corrected chi connectivity index (χ2v) is 2.72. The summed E-state index contributed by atoms with van der Waals surface area (Å²) in [7, 11) is 0. The van der Waals surface area contributed by atoms with Crippen molar-refractivity contribution >= 4 is 0 Å². The van der Waals surface area contributed by atoms with Gasteiger partial charge in [0.1, 0.15) is 0 Å². The summed E-state index contributed by atoms with van der Waals surface area (Å²) in [6, 6.07) is 0. The van der Waals surface area contributed by atoms with E-state index in [1.165, 1.54) is 5.57 Å². The summed E-state index contributed by atoms with van der Waals surface area (Å²) in [4.78, 5) is 0. The molecule has 1 unspecified atom stereocenters. The average molecular weight is 158 g/mol. The van der Waals surface area contributed by atoms with E-state index in [1.807, 2.05) is 19.1 Å². The number of hydrogen-bond donors (Lipinski definition) is 0. The van der Waals surface area contributed by atoms with Crippen molar-refractivity contribution in [2.45, 2.75) is 6.92 Å². The van der Waals surface area contributed by atoms with Gasteiger partial charge in [-0.3, -0.25) is 0 Å². The molecule has 0 radical (unpaired) electrons. The second-order valence-electron chi connectivity index (χ2n) is 2.72. The standard InChI is InChI=1S/C12H14/c1-3-7-12-9-6-5-8-11(4-2)10-12/h3-11H,2H2,1H3/b7-3+. The summed E-state index contributed by atoms with van der Waals surface area (Å²) < 4.78 is 0. The van der Waals surface area contributed by atoms with Crippen molar-refractivity contribution in [1.82, 2.24) is 0 Å². The molecule has 0 aromatic rings. The van der Waals surface area contributed by atoms with Gasteiger partial charge in [0.15, 0.2) is 0 Å². The van der Waals surface area contributed by atoms with E-state index in [9.17, 15) is 0 Å². The lowest BCUT2D eigenvalue weighted by molar-refractivity contribution is 1.07. The maximum atomic E-state index is 3.77. The summed E-state index contributed by atoms with van der Waals surface area (Å²) in [6.07, 6.45) is 16.6. The first-order valence-corrected chi connectivity index (χ1v) is 4.18. The minimum atomic E-state index is 0.367. The van der Waals surface area contributed by atoms with Crippen LogP contribution in [-0.2, 0) is 0 Å². The van der Waals surface area contributed by atoms with E-state index in [2.05, 4.69) is 43.0 Å². The summed E-state index contributed by atoms with van der Waals surface area (Å²) in [6.45, 7) is 5.80. The zero-order valence-electron chi connectivity index (χ0n) is 7.40. The van der Waals surface area contributed by atoms with Crippen molar-refractivity contribution in [3.63, 3.8) is 0 Å². The van der Waals surface area contributed by atoms with E-state index in [4.69, 9.17) is 0 Å². The van der Waals surface area contributed by atoms with Crippen LogP contribution in [-0.4, -0.2) is 0 Å². The van der Waals surface area contributed by atoms with Gasteiger partial charge in [-0.2, -0.15) is 0 Å². The Morgan fingerprint density at radius 1 is 1.42 bits per heavy atom. The Bertz CT molecular complexity index is 262. The van der Waals surface area contributed by atoms with Gasteiger partial charge in [0, 0.05) is 5.92 Å². The Kier molecular flexibility index (Phi) is 3.34. The lowest BCUT2D eigenvalue weighted by atomic mass is 10.1. The van der Waals surface area contributed by atoms with Crippen LogP contribution in [0.1, 0.15) is 6.92 Å². The first-order valence-electron chi connectivity index (χ1n) is 4.18. The second kappa shape index (κ2) is 4.55. The summed E-state index contributed by atoms with van der Waals surface area (Å²) in [5.74, 6) is 0.367. The maximum Gasteiger partial charge on any atom is 0.0136 e. The van der Waals surface area contributed by atoms with Crippen LogP contribution < -0.4 is 0 Å². The minimum Gasteiger partial charge on any atom is -0.102 e. The Hall–Kier alpha value is -1.30. The summed E-state index contributed by atoms with van der Waals surface area (Å²) in [5.41, 5.74) is 1.24. The van der Waals surface area contributed by atoms with E-state index in [0.29, 0.717) is 5.92 Å². The van der Waals surface area contributed by atoms with Crippen molar-refractivity contribution in [2.24, 2.45) is 5.92 Å². The fourth-order valence-electron chi connectivity index (χ4n) is 1.14. The fraction of sp³-hybridized carbons (Fsp3) is 0.167. The van der Waals surface area contributed by atoms with Crippen LogP contribution in [0.3, 0.4) is 0 Å². The molecule has 0 spiro atoms. The molecular weight excluding hydrogens is 144 g/mol. The van der Waals surface area contributed by atoms with E-state index >= 15 is 0 Å². The predicted molar refractivity (Wildman–Crippen MR) is 54.9 cm³/mol. The lowest BCUT2D eigenvalue weighted by Gasteiger charge is -1.98. The first kappa shape index (κ1) is 8.79. The summed E-state index contributed by atoms with van der Waals surface area (Å²) >= 11 is 0. The zero-order chi connectivity index (χ0) is 8.81. The zero-order valence-corrected chi connectivity index (χ0v) is 7.40. The van der Waals surface area contributed by atoms with E-state index in [0.717, 1.165) is 0 Å². The molecule has 0 aromatic heterocycles. The average Bonchev–Trinajstić information content (AvgIpc) is 2.30. The topological polar surface area (TPSA) is 0 Å². The molecule has 1 atom stereocenters. The van der Waals surface area contributed by atoms with Gasteiger partial charge in [-0.1, -0.05) is 48.6 Å². The van der Waals surface area contributed by atoms with E-state index in [1.54, 1.807) is 0 Å². The Balaban J connectivity index is 2.85. The molecule has 1 rings (SSSR count). The molecular formula is C12H14. The minimum absolute atomic E-state index is 0.367. The molecule has 1 aliphatic rings. The highest BCUT2D eigenvalue weighted by atomic mass is 14.0. The van der Waals surface area contributed by atoms with Gasteiger partial charge >= 0.3 is 0 Å². The third kappa shape index (κ3) is 2.39. The van der Waals surface area contributed by atoms with E-state index in [-0.39, 0.29) is 0 Å². The molecule has 0 bridgehead atoms. The van der Waals surface area contributed by atoms with Gasteiger partial charge in [-0.05, 0) is 12.5 Å². The molecule has 1 aliphatic carbocycles. The fourth-order valence-corrected chi connectivity index (χ4v) is 1.14. The van der Waals surface area contributed by atoms with Gasteiger partial charge < -0.3 is 0 Å². The SMILES string of the molecule is C=CC1C=CC=CC(/C=C/C)=C1. The molecule has 0 heterocycles. The number of allylic oxidation sites excluding steroid dienone is 9. The van der Waals surface area contributed by atoms with Crippen LogP contribution in [0.2, 0.25) is 0 Å². The molecule has 0 fully saturated rings. The van der Waals surface area contributed by atoms with E-state index < -0.39 is 0 Å². The molecule has 0 aliphatic heterocycles. The predicted octanol–water partition coefficient (Wildman–Crippen LogP) is 3.42. The summed E-state index contributed by atoms with van der Waals surface area (Å²) in [5, 5.41) is 0. The van der Waals surface area contributed by atoms with Gasteiger partial charge in [-0.25, -0.2) is 0 Å². The molecule has 0 N–H and O–H groups in total. The molecule has 0 saturated heterocycles. The van der Waals surface area contributed by atoms with Crippen molar-refractivity contribution in [1.29, 1.82) is 0 Å². The highest BCUT2D eigenvalue weighted by Crippen LogP contribution is 2.12. The molecule has 0 heteroatoms.